The van der Waals surface area contributed by atoms with Crippen molar-refractivity contribution in [3.63, 3.8) is 0 Å². The van der Waals surface area contributed by atoms with Gasteiger partial charge in [-0.05, 0) is 43.7 Å². The van der Waals surface area contributed by atoms with E-state index in [4.69, 9.17) is 4.74 Å². The van der Waals surface area contributed by atoms with Crippen LogP contribution in [0, 0.1) is 17.8 Å². The predicted molar refractivity (Wildman–Crippen MR) is 101 cm³/mol. The Morgan fingerprint density at radius 1 is 1.21 bits per heavy atom. The van der Waals surface area contributed by atoms with Gasteiger partial charge in [-0.1, -0.05) is 12.1 Å². The van der Waals surface area contributed by atoms with Crippen molar-refractivity contribution in [2.24, 2.45) is 17.8 Å². The van der Waals surface area contributed by atoms with Gasteiger partial charge in [-0.2, -0.15) is 0 Å². The van der Waals surface area contributed by atoms with Gasteiger partial charge in [-0.25, -0.2) is 8.42 Å². The fraction of sp³-hybridized carbons (Fsp3) is 0.600. The molecule has 6 rings (SSSR count). The Kier molecular flexibility index (Phi) is 3.98. The minimum Gasteiger partial charge on any atom is -0.467 e. The van der Waals surface area contributed by atoms with Crippen LogP contribution in [0.4, 0.5) is 0 Å². The largest absolute Gasteiger partial charge is 0.467 e. The van der Waals surface area contributed by atoms with Gasteiger partial charge >= 0.3 is 0 Å². The van der Waals surface area contributed by atoms with E-state index in [-0.39, 0.29) is 47.1 Å². The molecule has 8 heteroatoms. The zero-order valence-electron chi connectivity index (χ0n) is 15.5. The SMILES string of the molecule is O=C1NC2(CC3CCC2CC3C(=O)NC2CCS(=O)(=O)C2)Oc2ccccc21. The van der Waals surface area contributed by atoms with Crippen LogP contribution in [0.2, 0.25) is 0 Å². The van der Waals surface area contributed by atoms with Crippen LogP contribution in [-0.2, 0) is 14.6 Å². The van der Waals surface area contributed by atoms with Gasteiger partial charge in [0.15, 0.2) is 15.6 Å². The molecule has 5 aliphatic rings. The second-order valence-electron chi connectivity index (χ2n) is 8.63. The summed E-state index contributed by atoms with van der Waals surface area (Å²) in [4.78, 5) is 25.5. The molecule has 1 spiro atoms. The number of hydrogen-bond acceptors (Lipinski definition) is 5. The molecule has 2 aliphatic heterocycles. The summed E-state index contributed by atoms with van der Waals surface area (Å²) >= 11 is 0. The number of carbonyl (C=O) groups excluding carboxylic acids is 2. The second kappa shape index (κ2) is 6.20. The molecule has 1 aromatic rings. The fourth-order valence-corrected chi connectivity index (χ4v) is 7.17. The highest BCUT2D eigenvalue weighted by Gasteiger charge is 2.57. The topological polar surface area (TPSA) is 102 Å². The summed E-state index contributed by atoms with van der Waals surface area (Å²) in [6.07, 6.45) is 3.59. The van der Waals surface area contributed by atoms with Gasteiger partial charge in [0.2, 0.25) is 5.91 Å². The van der Waals surface area contributed by atoms with Crippen molar-refractivity contribution < 1.29 is 22.7 Å². The highest BCUT2D eigenvalue weighted by atomic mass is 32.2. The van der Waals surface area contributed by atoms with Crippen LogP contribution < -0.4 is 15.4 Å². The van der Waals surface area contributed by atoms with Crippen molar-refractivity contribution in [3.8, 4) is 5.75 Å². The number of sulfone groups is 1. The van der Waals surface area contributed by atoms with E-state index in [1.807, 2.05) is 18.2 Å². The van der Waals surface area contributed by atoms with Gasteiger partial charge in [-0.15, -0.1) is 0 Å². The Bertz CT molecular complexity index is 946. The van der Waals surface area contributed by atoms with E-state index in [0.717, 1.165) is 12.8 Å². The van der Waals surface area contributed by atoms with Crippen LogP contribution in [0.5, 0.6) is 5.75 Å². The number of para-hydroxylation sites is 1. The van der Waals surface area contributed by atoms with E-state index < -0.39 is 15.6 Å². The first-order chi connectivity index (χ1) is 13.4. The maximum Gasteiger partial charge on any atom is 0.258 e. The van der Waals surface area contributed by atoms with E-state index >= 15 is 0 Å². The summed E-state index contributed by atoms with van der Waals surface area (Å²) in [5, 5.41) is 6.05. The molecular formula is C20H24N2O5S. The lowest BCUT2D eigenvalue weighted by Gasteiger charge is -2.55. The predicted octanol–water partition coefficient (Wildman–Crippen LogP) is 1.24. The normalized spacial score (nSPS) is 37.8. The third-order valence-electron chi connectivity index (χ3n) is 6.88. The van der Waals surface area contributed by atoms with Gasteiger partial charge in [-0.3, -0.25) is 9.59 Å². The van der Waals surface area contributed by atoms with Crippen LogP contribution in [-0.4, -0.2) is 43.5 Å². The van der Waals surface area contributed by atoms with E-state index in [0.29, 0.717) is 30.6 Å². The average Bonchev–Trinajstić information content (AvgIpc) is 3.00. The van der Waals surface area contributed by atoms with Gasteiger partial charge in [0.25, 0.3) is 5.91 Å². The third-order valence-corrected chi connectivity index (χ3v) is 8.65. The number of fused-ring (bicyclic) bond motifs is 3. The molecule has 3 aliphatic carbocycles. The first-order valence-electron chi connectivity index (χ1n) is 9.97. The number of rotatable bonds is 2. The second-order valence-corrected chi connectivity index (χ2v) is 10.9. The number of amides is 2. The molecule has 2 amide bonds. The van der Waals surface area contributed by atoms with Crippen LogP contribution in [0.15, 0.2) is 24.3 Å². The summed E-state index contributed by atoms with van der Waals surface area (Å²) in [5.41, 5.74) is -0.187. The van der Waals surface area contributed by atoms with Crippen molar-refractivity contribution in [1.82, 2.24) is 10.6 Å². The van der Waals surface area contributed by atoms with Crippen molar-refractivity contribution in [3.05, 3.63) is 29.8 Å². The highest BCUT2D eigenvalue weighted by Crippen LogP contribution is 2.52. The van der Waals surface area contributed by atoms with Crippen LogP contribution in [0.3, 0.4) is 0 Å². The van der Waals surface area contributed by atoms with Gasteiger partial charge in [0.1, 0.15) is 5.75 Å². The number of hydrogen-bond donors (Lipinski definition) is 2. The molecule has 0 aromatic heterocycles. The van der Waals surface area contributed by atoms with E-state index in [2.05, 4.69) is 10.6 Å². The van der Waals surface area contributed by atoms with Crippen LogP contribution in [0.25, 0.3) is 0 Å². The molecular weight excluding hydrogens is 380 g/mol. The Balaban J connectivity index is 1.32. The van der Waals surface area contributed by atoms with E-state index in [1.165, 1.54) is 0 Å². The van der Waals surface area contributed by atoms with Gasteiger partial charge in [0.05, 0.1) is 17.1 Å². The molecule has 3 saturated carbocycles. The Morgan fingerprint density at radius 2 is 2.04 bits per heavy atom. The Labute approximate surface area is 164 Å². The van der Waals surface area contributed by atoms with Crippen LogP contribution in [0.1, 0.15) is 42.5 Å². The van der Waals surface area contributed by atoms with Crippen LogP contribution >= 0.6 is 0 Å². The number of ether oxygens (including phenoxy) is 1. The van der Waals surface area contributed by atoms with Gasteiger partial charge < -0.3 is 15.4 Å². The molecule has 4 fully saturated rings. The summed E-state index contributed by atoms with van der Waals surface area (Å²) in [7, 11) is -3.02. The zero-order chi connectivity index (χ0) is 19.5. The molecule has 5 unspecified atom stereocenters. The molecule has 2 N–H and O–H groups in total. The molecule has 1 aromatic carbocycles. The average molecular weight is 404 g/mol. The molecule has 150 valence electrons. The molecule has 28 heavy (non-hydrogen) atoms. The maximum absolute atomic E-state index is 12.9. The highest BCUT2D eigenvalue weighted by molar-refractivity contribution is 7.91. The number of nitrogens with one attached hydrogen (secondary N) is 2. The minimum atomic E-state index is -3.02. The summed E-state index contributed by atoms with van der Waals surface area (Å²) in [6.45, 7) is 0. The van der Waals surface area contributed by atoms with Crippen molar-refractivity contribution in [2.45, 2.75) is 43.9 Å². The first kappa shape index (κ1) is 18.0. The van der Waals surface area contributed by atoms with Gasteiger partial charge in [0, 0.05) is 24.3 Å². The van der Waals surface area contributed by atoms with E-state index in [9.17, 15) is 18.0 Å². The van der Waals surface area contributed by atoms with E-state index in [1.54, 1.807) is 6.07 Å². The number of benzene rings is 1. The quantitative estimate of drug-likeness (QED) is 0.772. The maximum atomic E-state index is 12.9. The Hall–Kier alpha value is -2.09. The lowest BCUT2D eigenvalue weighted by molar-refractivity contribution is -0.147. The Morgan fingerprint density at radius 3 is 2.75 bits per heavy atom. The first-order valence-corrected chi connectivity index (χ1v) is 11.8. The summed E-state index contributed by atoms with van der Waals surface area (Å²) < 4.78 is 29.6. The standard InChI is InChI=1S/C20H24N2O5S/c23-18(21-14-7-8-28(25,26)11-14)16-9-13-6-5-12(16)10-20(13)22-19(24)15-3-1-2-4-17(15)27-20/h1-4,12-14,16H,5-11H2,(H,21,23)(H,22,24). The fourth-order valence-electron chi connectivity index (χ4n) is 5.50. The van der Waals surface area contributed by atoms with Crippen molar-refractivity contribution in [1.29, 1.82) is 0 Å². The molecule has 0 radical (unpaired) electrons. The molecule has 5 atom stereocenters. The van der Waals surface area contributed by atoms with Crippen molar-refractivity contribution in [2.75, 3.05) is 11.5 Å². The molecule has 2 heterocycles. The lowest BCUT2D eigenvalue weighted by atomic mass is 9.60. The monoisotopic (exact) mass is 404 g/mol. The zero-order valence-corrected chi connectivity index (χ0v) is 16.3. The summed E-state index contributed by atoms with van der Waals surface area (Å²) in [6, 6.07) is 6.98. The summed E-state index contributed by atoms with van der Waals surface area (Å²) in [5.74, 6) is 0.671. The minimum absolute atomic E-state index is 0.0411. The molecule has 1 saturated heterocycles. The molecule has 2 bridgehead atoms. The molecule has 7 nitrogen and oxygen atoms in total. The smallest absolute Gasteiger partial charge is 0.258 e. The number of carbonyl (C=O) groups is 2. The van der Waals surface area contributed by atoms with Crippen molar-refractivity contribution >= 4 is 21.7 Å². The third kappa shape index (κ3) is 2.89. The lowest BCUT2D eigenvalue weighted by Crippen LogP contribution is -2.67.